The molecule has 22 heavy (non-hydrogen) atoms. The van der Waals surface area contributed by atoms with Crippen LogP contribution in [0.5, 0.6) is 0 Å². The highest BCUT2D eigenvalue weighted by atomic mass is 14.9. The molecule has 3 rings (SSSR count). The number of hydrogen-bond donors (Lipinski definition) is 2. The van der Waals surface area contributed by atoms with E-state index in [9.17, 15) is 0 Å². The fourth-order valence-corrected chi connectivity index (χ4v) is 2.52. The molecule has 0 saturated carbocycles. The number of pyridine rings is 1. The van der Waals surface area contributed by atoms with Crippen LogP contribution in [0.25, 0.3) is 16.5 Å². The second kappa shape index (κ2) is 6.27. The Bertz CT molecular complexity index is 799. The highest BCUT2D eigenvalue weighted by Crippen LogP contribution is 2.28. The molecular formula is C17H17N5. The molecule has 3 N–H and O–H groups in total. The van der Waals surface area contributed by atoms with E-state index in [1.165, 1.54) is 5.57 Å². The lowest BCUT2D eigenvalue weighted by Crippen LogP contribution is -2.03. The topological polar surface area (TPSA) is 87.1 Å². The van der Waals surface area contributed by atoms with Gasteiger partial charge >= 0.3 is 0 Å². The molecule has 0 fully saturated rings. The molecule has 0 radical (unpaired) electrons. The molecule has 0 saturated heterocycles. The van der Waals surface area contributed by atoms with Crippen LogP contribution in [0.2, 0.25) is 0 Å². The molecule has 1 aromatic carbocycles. The first-order chi connectivity index (χ1) is 10.8. The number of nitrogens with zero attached hydrogens (tertiary/aromatic N) is 3. The van der Waals surface area contributed by atoms with Gasteiger partial charge in [-0.2, -0.15) is 5.26 Å². The zero-order valence-corrected chi connectivity index (χ0v) is 12.2. The van der Waals surface area contributed by atoms with Crippen LogP contribution in [0.15, 0.2) is 35.3 Å². The van der Waals surface area contributed by atoms with Crippen molar-refractivity contribution in [2.75, 3.05) is 24.1 Å². The SMILES string of the molecule is N#CCCCNc1cc(N)nc2cc(C3=CC=NC3)ccc12. The Morgan fingerprint density at radius 1 is 1.32 bits per heavy atom. The highest BCUT2D eigenvalue weighted by Gasteiger charge is 2.09. The Labute approximate surface area is 129 Å². The molecule has 0 atom stereocenters. The first-order valence-electron chi connectivity index (χ1n) is 7.28. The van der Waals surface area contributed by atoms with Gasteiger partial charge in [0, 0.05) is 36.3 Å². The van der Waals surface area contributed by atoms with E-state index in [1.54, 1.807) is 0 Å². The van der Waals surface area contributed by atoms with Crippen molar-refractivity contribution in [3.05, 3.63) is 35.9 Å². The van der Waals surface area contributed by atoms with Crippen LogP contribution < -0.4 is 11.1 Å². The molecule has 0 spiro atoms. The van der Waals surface area contributed by atoms with Crippen LogP contribution in [-0.4, -0.2) is 24.3 Å². The predicted molar refractivity (Wildman–Crippen MR) is 90.8 cm³/mol. The second-order valence-corrected chi connectivity index (χ2v) is 5.20. The van der Waals surface area contributed by atoms with Crippen LogP contribution in [0.4, 0.5) is 11.5 Å². The summed E-state index contributed by atoms with van der Waals surface area (Å²) in [5.74, 6) is 0.490. The summed E-state index contributed by atoms with van der Waals surface area (Å²) in [6, 6.07) is 10.2. The quantitative estimate of drug-likeness (QED) is 0.829. The lowest BCUT2D eigenvalue weighted by Gasteiger charge is -2.11. The number of rotatable bonds is 5. The maximum Gasteiger partial charge on any atom is 0.126 e. The van der Waals surface area contributed by atoms with E-state index in [0.29, 0.717) is 18.8 Å². The third kappa shape index (κ3) is 2.91. The van der Waals surface area contributed by atoms with Crippen molar-refractivity contribution in [2.24, 2.45) is 4.99 Å². The first kappa shape index (κ1) is 14.1. The van der Waals surface area contributed by atoms with Crippen molar-refractivity contribution < 1.29 is 0 Å². The number of nitrogen functional groups attached to an aromatic ring is 1. The summed E-state index contributed by atoms with van der Waals surface area (Å²) in [5, 5.41) is 13.0. The number of hydrogen-bond acceptors (Lipinski definition) is 5. The molecule has 1 aromatic heterocycles. The van der Waals surface area contributed by atoms with E-state index in [1.807, 2.05) is 24.4 Å². The smallest absolute Gasteiger partial charge is 0.126 e. The molecule has 2 heterocycles. The molecule has 5 nitrogen and oxygen atoms in total. The van der Waals surface area contributed by atoms with E-state index in [2.05, 4.69) is 33.5 Å². The summed E-state index contributed by atoms with van der Waals surface area (Å²) < 4.78 is 0. The number of unbranched alkanes of at least 4 members (excludes halogenated alkanes) is 1. The standard InChI is InChI=1S/C17H17N5/c18-6-1-2-7-21-15-10-17(19)22-16-9-12(3-4-14(15)16)13-5-8-20-11-13/h3-5,8-10H,1-2,7,11H2,(H3,19,21,22). The molecule has 5 heteroatoms. The van der Waals surface area contributed by atoms with E-state index in [4.69, 9.17) is 11.0 Å². The Balaban J connectivity index is 1.91. The lowest BCUT2D eigenvalue weighted by molar-refractivity contribution is 0.898. The number of aromatic nitrogens is 1. The van der Waals surface area contributed by atoms with Gasteiger partial charge in [-0.25, -0.2) is 4.98 Å². The zero-order valence-electron chi connectivity index (χ0n) is 12.2. The van der Waals surface area contributed by atoms with Crippen LogP contribution in [-0.2, 0) is 0 Å². The molecule has 0 aliphatic carbocycles. The van der Waals surface area contributed by atoms with Gasteiger partial charge in [0.1, 0.15) is 5.82 Å². The minimum atomic E-state index is 0.490. The van der Waals surface area contributed by atoms with Gasteiger partial charge in [0.15, 0.2) is 0 Å². The molecule has 0 amide bonds. The number of allylic oxidation sites excluding steroid dienone is 1. The third-order valence-corrected chi connectivity index (χ3v) is 3.62. The predicted octanol–water partition coefficient (Wildman–Crippen LogP) is 3.00. The Kier molecular flexibility index (Phi) is 4.01. The second-order valence-electron chi connectivity index (χ2n) is 5.20. The van der Waals surface area contributed by atoms with Crippen LogP contribution in [0, 0.1) is 11.3 Å². The molecule has 1 aliphatic heterocycles. The minimum Gasteiger partial charge on any atom is -0.384 e. The van der Waals surface area contributed by atoms with Crippen molar-refractivity contribution in [1.29, 1.82) is 5.26 Å². The number of nitriles is 1. The fourth-order valence-electron chi connectivity index (χ4n) is 2.52. The maximum absolute atomic E-state index is 8.59. The van der Waals surface area contributed by atoms with Gasteiger partial charge in [0.2, 0.25) is 0 Å². The molecule has 1 aliphatic rings. The van der Waals surface area contributed by atoms with Crippen molar-refractivity contribution in [1.82, 2.24) is 4.98 Å². The number of nitrogens with one attached hydrogen (secondary N) is 1. The number of anilines is 2. The minimum absolute atomic E-state index is 0.490. The molecular weight excluding hydrogens is 274 g/mol. The zero-order chi connectivity index (χ0) is 15.4. The Hall–Kier alpha value is -2.87. The average molecular weight is 291 g/mol. The van der Waals surface area contributed by atoms with Gasteiger partial charge in [-0.3, -0.25) is 4.99 Å². The molecule has 2 aromatic rings. The maximum atomic E-state index is 8.59. The lowest BCUT2D eigenvalue weighted by atomic mass is 10.0. The summed E-state index contributed by atoms with van der Waals surface area (Å²) in [6.45, 7) is 1.46. The summed E-state index contributed by atoms with van der Waals surface area (Å²) in [6.07, 6.45) is 5.20. The monoisotopic (exact) mass is 291 g/mol. The van der Waals surface area contributed by atoms with Crippen LogP contribution in [0.3, 0.4) is 0 Å². The Morgan fingerprint density at radius 3 is 3.00 bits per heavy atom. The number of nitrogens with two attached hydrogens (primary N) is 1. The van der Waals surface area contributed by atoms with Gasteiger partial charge in [0.05, 0.1) is 18.1 Å². The van der Waals surface area contributed by atoms with Gasteiger partial charge in [-0.1, -0.05) is 12.1 Å². The molecule has 110 valence electrons. The van der Waals surface area contributed by atoms with Gasteiger partial charge < -0.3 is 11.1 Å². The summed E-state index contributed by atoms with van der Waals surface area (Å²) >= 11 is 0. The van der Waals surface area contributed by atoms with Crippen molar-refractivity contribution >= 4 is 34.2 Å². The number of benzene rings is 1. The molecule has 0 bridgehead atoms. The Morgan fingerprint density at radius 2 is 2.23 bits per heavy atom. The summed E-state index contributed by atoms with van der Waals surface area (Å²) in [5.41, 5.74) is 10.1. The average Bonchev–Trinajstić information content (AvgIpc) is 3.05. The van der Waals surface area contributed by atoms with Crippen molar-refractivity contribution in [3.8, 4) is 6.07 Å². The normalized spacial score (nSPS) is 13.1. The van der Waals surface area contributed by atoms with E-state index in [-0.39, 0.29) is 0 Å². The van der Waals surface area contributed by atoms with Crippen LogP contribution in [0.1, 0.15) is 18.4 Å². The number of fused-ring (bicyclic) bond motifs is 1. The third-order valence-electron chi connectivity index (χ3n) is 3.62. The molecule has 0 unspecified atom stereocenters. The van der Waals surface area contributed by atoms with E-state index >= 15 is 0 Å². The van der Waals surface area contributed by atoms with Gasteiger partial charge in [-0.05, 0) is 29.7 Å². The highest BCUT2D eigenvalue weighted by molar-refractivity contribution is 5.96. The van der Waals surface area contributed by atoms with Gasteiger partial charge in [0.25, 0.3) is 0 Å². The summed E-state index contributed by atoms with van der Waals surface area (Å²) in [7, 11) is 0. The van der Waals surface area contributed by atoms with Crippen LogP contribution >= 0.6 is 0 Å². The van der Waals surface area contributed by atoms with Gasteiger partial charge in [-0.15, -0.1) is 0 Å². The van der Waals surface area contributed by atoms with E-state index < -0.39 is 0 Å². The van der Waals surface area contributed by atoms with Crippen molar-refractivity contribution in [3.63, 3.8) is 0 Å². The number of aliphatic imine (C=N–C) groups is 1. The largest absolute Gasteiger partial charge is 0.384 e. The summed E-state index contributed by atoms with van der Waals surface area (Å²) in [4.78, 5) is 8.64. The first-order valence-corrected chi connectivity index (χ1v) is 7.28. The fraction of sp³-hybridized carbons (Fsp3) is 0.235. The van der Waals surface area contributed by atoms with E-state index in [0.717, 1.165) is 35.1 Å². The van der Waals surface area contributed by atoms with Crippen molar-refractivity contribution in [2.45, 2.75) is 12.8 Å².